The number of hydrogen-bond acceptors (Lipinski definition) is 6. The molecule has 0 saturated carbocycles. The minimum atomic E-state index is -0.0104. The molecule has 2 aliphatic rings. The van der Waals surface area contributed by atoms with Gasteiger partial charge in [-0.15, -0.1) is 0 Å². The number of hydrogen-bond donors (Lipinski definition) is 1. The molecule has 36 heavy (non-hydrogen) atoms. The molecule has 0 radical (unpaired) electrons. The Morgan fingerprint density at radius 3 is 2.78 bits per heavy atom. The Balaban J connectivity index is 1.48. The summed E-state index contributed by atoms with van der Waals surface area (Å²) in [7, 11) is 1.59. The number of aromatic nitrogens is 1. The summed E-state index contributed by atoms with van der Waals surface area (Å²) in [5.74, 6) is 0.603. The molecule has 3 aromatic rings. The molecule has 2 aliphatic heterocycles. The maximum absolute atomic E-state index is 13.9. The highest BCUT2D eigenvalue weighted by molar-refractivity contribution is 6.32. The number of carbonyl (C=O) groups excluding carboxylic acids is 1. The van der Waals surface area contributed by atoms with Gasteiger partial charge in [-0.25, -0.2) is 0 Å². The number of nitriles is 1. The van der Waals surface area contributed by atoms with E-state index >= 15 is 0 Å². The SMILES string of the molecule is COc1ccc(CNc2c(C(=O)N3CCCC3CN3CCCC3)cnc3ccc(C#N)cc23)cc1Cl. The predicted octanol–water partition coefficient (Wildman–Crippen LogP) is 5.08. The summed E-state index contributed by atoms with van der Waals surface area (Å²) in [6, 6.07) is 13.4. The van der Waals surface area contributed by atoms with Crippen molar-refractivity contribution in [2.45, 2.75) is 38.3 Å². The number of rotatable bonds is 7. The standard InChI is InChI=1S/C28H30ClN5O2/c1-36-26-9-7-20(14-24(26)29)16-32-27-22-13-19(15-30)6-8-25(22)31-17-23(27)28(35)34-12-4-5-21(34)18-33-10-2-3-11-33/h6-9,13-14,17,21H,2-5,10-12,16,18H2,1H3,(H,31,32). The Kier molecular flexibility index (Phi) is 7.26. The summed E-state index contributed by atoms with van der Waals surface area (Å²) >= 11 is 6.34. The van der Waals surface area contributed by atoms with Crippen LogP contribution in [0.15, 0.2) is 42.6 Å². The van der Waals surface area contributed by atoms with Crippen molar-refractivity contribution < 1.29 is 9.53 Å². The lowest BCUT2D eigenvalue weighted by Gasteiger charge is -2.29. The van der Waals surface area contributed by atoms with Crippen LogP contribution in [-0.4, -0.2) is 60.0 Å². The van der Waals surface area contributed by atoms with Gasteiger partial charge in [0.2, 0.25) is 0 Å². The number of benzene rings is 2. The smallest absolute Gasteiger partial charge is 0.257 e. The molecule has 1 N–H and O–H groups in total. The quantitative estimate of drug-likeness (QED) is 0.484. The summed E-state index contributed by atoms with van der Waals surface area (Å²) < 4.78 is 5.27. The molecule has 0 aliphatic carbocycles. The molecule has 2 fully saturated rings. The molecular weight excluding hydrogens is 474 g/mol. The van der Waals surface area contributed by atoms with Crippen molar-refractivity contribution in [3.05, 3.63) is 64.3 Å². The van der Waals surface area contributed by atoms with Crippen molar-refractivity contribution in [3.8, 4) is 11.8 Å². The highest BCUT2D eigenvalue weighted by atomic mass is 35.5. The molecule has 0 bridgehead atoms. The Morgan fingerprint density at radius 1 is 1.19 bits per heavy atom. The van der Waals surface area contributed by atoms with Crippen LogP contribution in [-0.2, 0) is 6.54 Å². The highest BCUT2D eigenvalue weighted by Gasteiger charge is 2.33. The first-order valence-electron chi connectivity index (χ1n) is 12.5. The van der Waals surface area contributed by atoms with Gasteiger partial charge in [-0.05, 0) is 74.7 Å². The Bertz CT molecular complexity index is 1320. The molecule has 5 rings (SSSR count). The topological polar surface area (TPSA) is 81.5 Å². The van der Waals surface area contributed by atoms with Gasteiger partial charge in [-0.3, -0.25) is 9.78 Å². The van der Waals surface area contributed by atoms with Gasteiger partial charge in [0.25, 0.3) is 5.91 Å². The second-order valence-corrected chi connectivity index (χ2v) is 9.92. The number of anilines is 1. The number of ether oxygens (including phenoxy) is 1. The van der Waals surface area contributed by atoms with Crippen molar-refractivity contribution in [1.82, 2.24) is 14.8 Å². The van der Waals surface area contributed by atoms with Gasteiger partial charge in [-0.1, -0.05) is 17.7 Å². The minimum absolute atomic E-state index is 0.0104. The third-order valence-electron chi connectivity index (χ3n) is 7.22. The number of nitrogens with one attached hydrogen (secondary N) is 1. The van der Waals surface area contributed by atoms with Crippen LogP contribution in [0.1, 0.15) is 47.2 Å². The number of likely N-dealkylation sites (tertiary alicyclic amines) is 2. The summed E-state index contributed by atoms with van der Waals surface area (Å²) in [5.41, 5.74) is 3.44. The average Bonchev–Trinajstić information content (AvgIpc) is 3.59. The fraction of sp³-hybridized carbons (Fsp3) is 0.393. The lowest BCUT2D eigenvalue weighted by molar-refractivity contribution is 0.0709. The molecule has 1 atom stereocenters. The van der Waals surface area contributed by atoms with Gasteiger partial charge in [-0.2, -0.15) is 5.26 Å². The van der Waals surface area contributed by atoms with E-state index in [1.807, 2.05) is 29.2 Å². The highest BCUT2D eigenvalue weighted by Crippen LogP contribution is 2.32. The van der Waals surface area contributed by atoms with E-state index in [2.05, 4.69) is 21.3 Å². The van der Waals surface area contributed by atoms with Gasteiger partial charge in [0, 0.05) is 37.3 Å². The first-order valence-corrected chi connectivity index (χ1v) is 12.9. The first-order chi connectivity index (χ1) is 17.6. The van der Waals surface area contributed by atoms with Crippen molar-refractivity contribution in [2.75, 3.05) is 38.6 Å². The van der Waals surface area contributed by atoms with Crippen molar-refractivity contribution in [3.63, 3.8) is 0 Å². The van der Waals surface area contributed by atoms with Crippen LogP contribution in [0, 0.1) is 11.3 Å². The molecule has 1 amide bonds. The van der Waals surface area contributed by atoms with Crippen molar-refractivity contribution >= 4 is 34.1 Å². The maximum Gasteiger partial charge on any atom is 0.257 e. The number of nitrogens with zero attached hydrogens (tertiary/aromatic N) is 4. The second-order valence-electron chi connectivity index (χ2n) is 9.52. The normalized spacial score (nSPS) is 17.9. The minimum Gasteiger partial charge on any atom is -0.495 e. The zero-order chi connectivity index (χ0) is 25.1. The number of halogens is 1. The number of fused-ring (bicyclic) bond motifs is 1. The van der Waals surface area contributed by atoms with Crippen LogP contribution < -0.4 is 10.1 Å². The van der Waals surface area contributed by atoms with Crippen LogP contribution in [0.5, 0.6) is 5.75 Å². The number of methoxy groups -OCH3 is 1. The Morgan fingerprint density at radius 2 is 2.03 bits per heavy atom. The van der Waals surface area contributed by atoms with Crippen LogP contribution >= 0.6 is 11.6 Å². The molecule has 0 spiro atoms. The van der Waals surface area contributed by atoms with E-state index in [1.165, 1.54) is 12.8 Å². The zero-order valence-electron chi connectivity index (χ0n) is 20.5. The van der Waals surface area contributed by atoms with E-state index in [-0.39, 0.29) is 11.9 Å². The Labute approximate surface area is 216 Å². The van der Waals surface area contributed by atoms with Gasteiger partial charge in [0.05, 0.1) is 40.5 Å². The summed E-state index contributed by atoms with van der Waals surface area (Å²) in [4.78, 5) is 23.0. The molecule has 186 valence electrons. The van der Waals surface area contributed by atoms with Crippen LogP contribution in [0.2, 0.25) is 5.02 Å². The molecular formula is C28H30ClN5O2. The number of pyridine rings is 1. The number of carbonyl (C=O) groups is 1. The fourth-order valence-electron chi connectivity index (χ4n) is 5.34. The van der Waals surface area contributed by atoms with E-state index in [4.69, 9.17) is 16.3 Å². The average molecular weight is 504 g/mol. The molecule has 2 saturated heterocycles. The monoisotopic (exact) mass is 503 g/mol. The maximum atomic E-state index is 13.9. The summed E-state index contributed by atoms with van der Waals surface area (Å²) in [6.07, 6.45) is 6.18. The molecule has 8 heteroatoms. The van der Waals surface area contributed by atoms with E-state index in [0.717, 1.165) is 55.5 Å². The van der Waals surface area contributed by atoms with Gasteiger partial charge < -0.3 is 19.9 Å². The van der Waals surface area contributed by atoms with Crippen LogP contribution in [0.4, 0.5) is 5.69 Å². The molecule has 7 nitrogen and oxygen atoms in total. The molecule has 1 unspecified atom stereocenters. The summed E-state index contributed by atoms with van der Waals surface area (Å²) in [6.45, 7) is 4.37. The third kappa shape index (κ3) is 4.97. The van der Waals surface area contributed by atoms with Gasteiger partial charge in [0.15, 0.2) is 0 Å². The van der Waals surface area contributed by atoms with Crippen LogP contribution in [0.25, 0.3) is 10.9 Å². The molecule has 2 aromatic carbocycles. The van der Waals surface area contributed by atoms with Gasteiger partial charge >= 0.3 is 0 Å². The lowest BCUT2D eigenvalue weighted by atomic mass is 10.0. The largest absolute Gasteiger partial charge is 0.495 e. The molecule has 3 heterocycles. The van der Waals surface area contributed by atoms with E-state index < -0.39 is 0 Å². The van der Waals surface area contributed by atoms with E-state index in [1.54, 1.807) is 25.4 Å². The van der Waals surface area contributed by atoms with Crippen molar-refractivity contribution in [1.29, 1.82) is 5.26 Å². The fourth-order valence-corrected chi connectivity index (χ4v) is 5.62. The second kappa shape index (κ2) is 10.7. The van der Waals surface area contributed by atoms with E-state index in [0.29, 0.717) is 34.1 Å². The Hall–Kier alpha value is -3.34. The van der Waals surface area contributed by atoms with E-state index in [9.17, 15) is 10.1 Å². The van der Waals surface area contributed by atoms with Crippen LogP contribution in [0.3, 0.4) is 0 Å². The lowest BCUT2D eigenvalue weighted by Crippen LogP contribution is -2.42. The zero-order valence-corrected chi connectivity index (χ0v) is 21.2. The predicted molar refractivity (Wildman–Crippen MR) is 142 cm³/mol. The third-order valence-corrected chi connectivity index (χ3v) is 7.51. The number of amides is 1. The van der Waals surface area contributed by atoms with Gasteiger partial charge in [0.1, 0.15) is 5.75 Å². The van der Waals surface area contributed by atoms with Crippen molar-refractivity contribution in [2.24, 2.45) is 0 Å². The molecule has 1 aromatic heterocycles. The summed E-state index contributed by atoms with van der Waals surface area (Å²) in [5, 5.41) is 14.3. The first kappa shape index (κ1) is 24.4.